The van der Waals surface area contributed by atoms with E-state index in [1.165, 1.54) is 33.1 Å². The molecule has 0 spiro atoms. The lowest BCUT2D eigenvalue weighted by atomic mass is 10.1. The number of nitrogens with zero attached hydrogens (tertiary/aromatic N) is 4. The van der Waals surface area contributed by atoms with Gasteiger partial charge in [0, 0.05) is 73.1 Å². The Labute approximate surface area is 191 Å². The van der Waals surface area contributed by atoms with Crippen molar-refractivity contribution in [1.29, 1.82) is 0 Å². The lowest BCUT2D eigenvalue weighted by Crippen LogP contribution is -2.48. The number of fused-ring (bicyclic) bond motifs is 2. The zero-order chi connectivity index (χ0) is 22.2. The monoisotopic (exact) mass is 472 g/mol. The number of carbonyl (C=O) groups excluding carboxylic acids is 1. The number of halogens is 1. The third-order valence-electron chi connectivity index (χ3n) is 5.65. The van der Waals surface area contributed by atoms with E-state index < -0.39 is 0 Å². The predicted octanol–water partition coefficient (Wildman–Crippen LogP) is 3.21. The molecular formula is C22H21FN4O3S2. The normalized spacial score (nSPS) is 15.1. The van der Waals surface area contributed by atoms with Crippen molar-refractivity contribution in [2.45, 2.75) is 13.2 Å². The number of piperazine rings is 1. The van der Waals surface area contributed by atoms with Crippen LogP contribution in [0, 0.1) is 5.82 Å². The molecule has 1 aliphatic rings. The van der Waals surface area contributed by atoms with Crippen LogP contribution in [0.4, 0.5) is 4.39 Å². The van der Waals surface area contributed by atoms with Crippen LogP contribution < -0.4 is 5.56 Å². The summed E-state index contributed by atoms with van der Waals surface area (Å²) in [6.07, 6.45) is 1.72. The van der Waals surface area contributed by atoms with Gasteiger partial charge in [-0.3, -0.25) is 18.9 Å². The smallest absolute Gasteiger partial charge is 0.264 e. The Balaban J connectivity index is 1.31. The zero-order valence-corrected chi connectivity index (χ0v) is 19.0. The lowest BCUT2D eigenvalue weighted by Gasteiger charge is -2.34. The quantitative estimate of drug-likeness (QED) is 0.446. The van der Waals surface area contributed by atoms with Gasteiger partial charge >= 0.3 is 0 Å². The van der Waals surface area contributed by atoms with E-state index >= 15 is 0 Å². The Bertz CT molecular complexity index is 1350. The van der Waals surface area contributed by atoms with Crippen LogP contribution in [0.2, 0.25) is 0 Å². The summed E-state index contributed by atoms with van der Waals surface area (Å²) in [5.74, 6) is -0.422. The molecule has 0 aliphatic carbocycles. The fourth-order valence-electron chi connectivity index (χ4n) is 4.07. The first-order chi connectivity index (χ1) is 15.5. The molecule has 0 radical (unpaired) electrons. The van der Waals surface area contributed by atoms with Crippen molar-refractivity contribution in [2.75, 3.05) is 33.3 Å². The van der Waals surface area contributed by atoms with Gasteiger partial charge in [0.25, 0.3) is 11.5 Å². The topological polar surface area (TPSA) is 67.2 Å². The molecule has 1 saturated heterocycles. The fourth-order valence-corrected chi connectivity index (χ4v) is 6.00. The second-order valence-electron chi connectivity index (χ2n) is 7.67. The third-order valence-corrected chi connectivity index (χ3v) is 7.59. The van der Waals surface area contributed by atoms with Crippen LogP contribution >= 0.6 is 22.7 Å². The molecule has 32 heavy (non-hydrogen) atoms. The number of benzene rings is 1. The van der Waals surface area contributed by atoms with Crippen molar-refractivity contribution in [3.8, 4) is 0 Å². The second kappa shape index (κ2) is 8.70. The van der Waals surface area contributed by atoms with Gasteiger partial charge in [-0.2, -0.15) is 0 Å². The highest BCUT2D eigenvalue weighted by Crippen LogP contribution is 2.34. The van der Waals surface area contributed by atoms with Gasteiger partial charge in [-0.25, -0.2) is 9.37 Å². The van der Waals surface area contributed by atoms with E-state index in [1.54, 1.807) is 25.4 Å². The van der Waals surface area contributed by atoms with Crippen LogP contribution in [0.5, 0.6) is 0 Å². The average Bonchev–Trinajstić information content (AvgIpc) is 3.40. The van der Waals surface area contributed by atoms with Crippen LogP contribution in [-0.2, 0) is 17.9 Å². The summed E-state index contributed by atoms with van der Waals surface area (Å²) in [6.45, 7) is 3.22. The Morgan fingerprint density at radius 1 is 1.25 bits per heavy atom. The molecule has 0 N–H and O–H groups in total. The van der Waals surface area contributed by atoms with Gasteiger partial charge in [-0.15, -0.1) is 22.7 Å². The van der Waals surface area contributed by atoms with E-state index in [1.807, 2.05) is 16.3 Å². The van der Waals surface area contributed by atoms with E-state index in [4.69, 9.17) is 4.74 Å². The molecule has 166 valence electrons. The third kappa shape index (κ3) is 3.83. The average molecular weight is 473 g/mol. The minimum absolute atomic E-state index is 0.0808. The van der Waals surface area contributed by atoms with Gasteiger partial charge in [0.1, 0.15) is 5.82 Å². The summed E-state index contributed by atoms with van der Waals surface area (Å²) in [5.41, 5.74) is 1.27. The van der Waals surface area contributed by atoms with Gasteiger partial charge in [-0.05, 0) is 12.1 Å². The number of methoxy groups -OCH3 is 1. The maximum Gasteiger partial charge on any atom is 0.264 e. The Kier molecular flexibility index (Phi) is 5.76. The summed E-state index contributed by atoms with van der Waals surface area (Å²) in [7, 11) is 1.55. The molecule has 7 nitrogen and oxygen atoms in total. The molecule has 4 aromatic rings. The molecule has 0 bridgehead atoms. The largest absolute Gasteiger partial charge is 0.380 e. The molecule has 1 aliphatic heterocycles. The van der Waals surface area contributed by atoms with E-state index in [9.17, 15) is 14.0 Å². The summed E-state index contributed by atoms with van der Waals surface area (Å²) < 4.78 is 22.0. The molecule has 10 heteroatoms. The van der Waals surface area contributed by atoms with Crippen LogP contribution in [0.15, 0.2) is 40.6 Å². The highest BCUT2D eigenvalue weighted by molar-refractivity contribution is 7.21. The van der Waals surface area contributed by atoms with Gasteiger partial charge < -0.3 is 9.64 Å². The minimum Gasteiger partial charge on any atom is -0.380 e. The molecular weight excluding hydrogens is 451 g/mol. The SMILES string of the molecule is COCc1c(C(=O)N2CCN(Cc3cc(=O)n4ccsc4n3)CC2)sc2cccc(F)c12. The van der Waals surface area contributed by atoms with Crippen molar-refractivity contribution in [2.24, 2.45) is 0 Å². The van der Waals surface area contributed by atoms with Crippen molar-refractivity contribution < 1.29 is 13.9 Å². The zero-order valence-electron chi connectivity index (χ0n) is 17.4. The van der Waals surface area contributed by atoms with Crippen molar-refractivity contribution in [3.05, 3.63) is 68.1 Å². The number of carbonyl (C=O) groups is 1. The maximum atomic E-state index is 14.4. The second-order valence-corrected chi connectivity index (χ2v) is 9.59. The number of hydrogen-bond acceptors (Lipinski definition) is 7. The van der Waals surface area contributed by atoms with Crippen LogP contribution in [0.1, 0.15) is 20.9 Å². The highest BCUT2D eigenvalue weighted by Gasteiger charge is 2.27. The highest BCUT2D eigenvalue weighted by atomic mass is 32.1. The van der Waals surface area contributed by atoms with Gasteiger partial charge in [0.05, 0.1) is 17.2 Å². The molecule has 0 unspecified atom stereocenters. The number of aromatic nitrogens is 2. The fraction of sp³-hybridized carbons (Fsp3) is 0.318. The molecule has 3 aromatic heterocycles. The Morgan fingerprint density at radius 3 is 2.84 bits per heavy atom. The first-order valence-electron chi connectivity index (χ1n) is 10.2. The number of rotatable bonds is 5. The van der Waals surface area contributed by atoms with Crippen LogP contribution in [0.3, 0.4) is 0 Å². The van der Waals surface area contributed by atoms with Crippen LogP contribution in [-0.4, -0.2) is 58.4 Å². The van der Waals surface area contributed by atoms with Gasteiger partial charge in [0.2, 0.25) is 0 Å². The standard InChI is InChI=1S/C22H21FN4O3S2/c1-30-13-15-19-16(23)3-2-4-17(19)32-20(15)21(29)26-7-5-25(6-8-26)12-14-11-18(28)27-9-10-31-22(27)24-14/h2-4,9-11H,5-8,12-13H2,1H3. The molecule has 5 rings (SSSR count). The molecule has 0 saturated carbocycles. The lowest BCUT2D eigenvalue weighted by molar-refractivity contribution is 0.0628. The summed E-state index contributed by atoms with van der Waals surface area (Å²) in [4.78, 5) is 35.3. The van der Waals surface area contributed by atoms with E-state index in [0.717, 1.165) is 10.4 Å². The van der Waals surface area contributed by atoms with E-state index in [-0.39, 0.29) is 23.9 Å². The van der Waals surface area contributed by atoms with E-state index in [0.29, 0.717) is 53.5 Å². The minimum atomic E-state index is -0.333. The van der Waals surface area contributed by atoms with Crippen LogP contribution in [0.25, 0.3) is 15.0 Å². The predicted molar refractivity (Wildman–Crippen MR) is 123 cm³/mol. The molecule has 1 aromatic carbocycles. The Morgan fingerprint density at radius 2 is 2.06 bits per heavy atom. The number of thiazole rings is 1. The van der Waals surface area contributed by atoms with Crippen molar-refractivity contribution in [1.82, 2.24) is 19.2 Å². The Hall–Kier alpha value is -2.66. The van der Waals surface area contributed by atoms with Crippen molar-refractivity contribution in [3.63, 3.8) is 0 Å². The van der Waals surface area contributed by atoms with E-state index in [2.05, 4.69) is 9.88 Å². The first kappa shape index (κ1) is 21.2. The number of thiophene rings is 1. The summed E-state index contributed by atoms with van der Waals surface area (Å²) in [5, 5.41) is 2.32. The van der Waals surface area contributed by atoms with Gasteiger partial charge in [0.15, 0.2) is 4.96 Å². The molecule has 0 atom stereocenters. The number of ether oxygens (including phenoxy) is 1. The summed E-state index contributed by atoms with van der Waals surface area (Å²) >= 11 is 2.75. The maximum absolute atomic E-state index is 14.4. The molecule has 4 heterocycles. The molecule has 1 amide bonds. The van der Waals surface area contributed by atoms with Gasteiger partial charge in [-0.1, -0.05) is 6.07 Å². The summed E-state index contributed by atoms with van der Waals surface area (Å²) in [6, 6.07) is 6.47. The van der Waals surface area contributed by atoms with Crippen molar-refractivity contribution >= 4 is 43.6 Å². The number of amides is 1. The number of hydrogen-bond donors (Lipinski definition) is 0. The first-order valence-corrected chi connectivity index (χ1v) is 11.9. The molecule has 1 fully saturated rings.